The molecule has 0 aliphatic heterocycles. The predicted octanol–water partition coefficient (Wildman–Crippen LogP) is 14.2. The van der Waals surface area contributed by atoms with Crippen LogP contribution in [0.4, 0.5) is 0 Å². The molecule has 1 radical (unpaired) electrons. The van der Waals surface area contributed by atoms with Gasteiger partial charge < -0.3 is 14.4 Å². The van der Waals surface area contributed by atoms with Gasteiger partial charge in [0.25, 0.3) is 0 Å². The number of nitrogens with zero attached hydrogens (tertiary/aromatic N) is 2. The van der Waals surface area contributed by atoms with E-state index in [9.17, 15) is 0 Å². The molecule has 3 nitrogen and oxygen atoms in total. The fourth-order valence-electron chi connectivity index (χ4n) is 9.28. The third-order valence-corrected chi connectivity index (χ3v) is 14.3. The molecule has 4 aromatic carbocycles. The normalized spacial score (nSPS) is 15.1. The molecule has 0 amide bonds. The van der Waals surface area contributed by atoms with Crippen molar-refractivity contribution in [2.75, 3.05) is 0 Å². The van der Waals surface area contributed by atoms with Crippen LogP contribution in [-0.2, 0) is 32.9 Å². The van der Waals surface area contributed by atoms with E-state index in [1.165, 1.54) is 85.2 Å². The zero-order valence-corrected chi connectivity index (χ0v) is 38.4. The minimum atomic E-state index is -1.37. The second-order valence-corrected chi connectivity index (χ2v) is 23.2. The number of aromatic nitrogens is 2. The van der Waals surface area contributed by atoms with Crippen LogP contribution in [0.15, 0.2) is 114 Å². The zero-order chi connectivity index (χ0) is 39.4. The summed E-state index contributed by atoms with van der Waals surface area (Å²) in [4.78, 5) is 9.55. The maximum atomic E-state index is 6.42. The summed E-state index contributed by atoms with van der Waals surface area (Å²) in [6, 6.07) is 41.3. The van der Waals surface area contributed by atoms with Gasteiger partial charge in [-0.3, -0.25) is 0 Å². The van der Waals surface area contributed by atoms with Crippen LogP contribution in [0.5, 0.6) is 0 Å². The van der Waals surface area contributed by atoms with Crippen molar-refractivity contribution in [2.24, 2.45) is 11.8 Å². The van der Waals surface area contributed by atoms with Gasteiger partial charge in [-0.05, 0) is 83.3 Å². The Labute approximate surface area is 361 Å². The smallest absolute Gasteiger partial charge is 0.121 e. The van der Waals surface area contributed by atoms with Gasteiger partial charge in [-0.2, -0.15) is 0 Å². The van der Waals surface area contributed by atoms with Gasteiger partial charge in [0.1, 0.15) is 5.58 Å². The first kappa shape index (κ1) is 42.0. The Hall–Kier alpha value is -4.15. The Balaban J connectivity index is 0.000000179. The number of furan rings is 1. The first-order valence-corrected chi connectivity index (χ1v) is 25.1. The molecule has 5 heteroatoms. The van der Waals surface area contributed by atoms with E-state index in [0.29, 0.717) is 5.92 Å². The first-order valence-electron chi connectivity index (χ1n) is 21.6. The molecule has 0 saturated heterocycles. The van der Waals surface area contributed by atoms with Crippen LogP contribution in [0.2, 0.25) is 19.6 Å². The van der Waals surface area contributed by atoms with Gasteiger partial charge >= 0.3 is 0 Å². The van der Waals surface area contributed by atoms with E-state index in [-0.39, 0.29) is 20.1 Å². The summed E-state index contributed by atoms with van der Waals surface area (Å²) >= 11 is 0. The number of fused-ring (bicyclic) bond motifs is 3. The van der Waals surface area contributed by atoms with Gasteiger partial charge in [-0.25, -0.2) is 0 Å². The summed E-state index contributed by atoms with van der Waals surface area (Å²) in [6.45, 7) is 11.9. The van der Waals surface area contributed by atoms with Crippen molar-refractivity contribution in [2.45, 2.75) is 110 Å². The number of benzene rings is 4. The SMILES string of the molecule is CC(C)Cc1cc(-c2[c-]ccc(C3CCCC3)c2)ncc1[Si](C)(C)C.[Ir].[c-]1ccc2c(oc3cc(-c4ccccc4)ccc32)c1-c1cc(CC2CCCCC2)ccn1. The Kier molecular flexibility index (Phi) is 13.6. The molecule has 0 spiro atoms. The summed E-state index contributed by atoms with van der Waals surface area (Å²) in [6.07, 6.45) is 18.7. The minimum absolute atomic E-state index is 0. The van der Waals surface area contributed by atoms with E-state index in [4.69, 9.17) is 14.4 Å². The predicted molar refractivity (Wildman–Crippen MR) is 243 cm³/mol. The third kappa shape index (κ3) is 9.82. The molecule has 2 fully saturated rings. The zero-order valence-electron chi connectivity index (χ0n) is 35.0. The van der Waals surface area contributed by atoms with Crippen LogP contribution in [0, 0.1) is 24.0 Å². The number of pyridine rings is 2. The summed E-state index contributed by atoms with van der Waals surface area (Å²) in [5, 5.41) is 3.76. The Morgan fingerprint density at radius 3 is 2.24 bits per heavy atom. The van der Waals surface area contributed by atoms with Gasteiger partial charge in [-0.1, -0.05) is 155 Å². The van der Waals surface area contributed by atoms with Crippen molar-refractivity contribution in [3.05, 3.63) is 138 Å². The number of rotatable bonds is 9. The van der Waals surface area contributed by atoms with Crippen molar-refractivity contribution >= 4 is 35.2 Å². The maximum absolute atomic E-state index is 6.42. The summed E-state index contributed by atoms with van der Waals surface area (Å²) < 4.78 is 6.42. The van der Waals surface area contributed by atoms with Gasteiger partial charge in [0.05, 0.1) is 13.7 Å². The molecule has 9 rings (SSSR count). The van der Waals surface area contributed by atoms with Crippen molar-refractivity contribution < 1.29 is 24.5 Å². The van der Waals surface area contributed by atoms with E-state index in [2.05, 4.69) is 137 Å². The minimum Gasteiger partial charge on any atom is -0.501 e. The van der Waals surface area contributed by atoms with Crippen LogP contribution in [0.25, 0.3) is 55.6 Å². The second-order valence-electron chi connectivity index (χ2n) is 18.1. The summed E-state index contributed by atoms with van der Waals surface area (Å²) in [7, 11) is -1.37. The van der Waals surface area contributed by atoms with Gasteiger partial charge in [0, 0.05) is 37.9 Å². The third-order valence-electron chi connectivity index (χ3n) is 12.2. The standard InChI is InChI=1S/C30H26NO.C23H32NSi.Ir/c1-3-8-21(9-4-1)18-22-16-17-31-28(19-22)27-13-7-12-26-25-15-14-24(20-29(25)32-30(26)27)23-10-5-2-6-11-23;1-17(2)13-21-15-22(24-16-23(21)25(3,4)5)20-12-8-11-19(14-20)18-9-6-7-10-18;/h2,5-7,10-12,14-17,19-21H,1,3-4,8-9,18H2;8,11,14-18H,6-7,9-10,13H2,1-5H3;/q2*-1;. The van der Waals surface area contributed by atoms with Crippen molar-refractivity contribution in [3.63, 3.8) is 0 Å². The van der Waals surface area contributed by atoms with E-state index in [1.807, 2.05) is 18.3 Å². The Morgan fingerprint density at radius 1 is 0.724 bits per heavy atom. The molecule has 7 aromatic rings. The van der Waals surface area contributed by atoms with E-state index in [0.717, 1.165) is 74.7 Å². The van der Waals surface area contributed by atoms with Crippen LogP contribution in [0.1, 0.15) is 94.2 Å². The molecule has 0 N–H and O–H groups in total. The average Bonchev–Trinajstić information content (AvgIpc) is 3.90. The Bertz CT molecular complexity index is 2430. The molecule has 0 atom stereocenters. The van der Waals surface area contributed by atoms with E-state index < -0.39 is 8.07 Å². The number of hydrogen-bond donors (Lipinski definition) is 0. The Morgan fingerprint density at radius 2 is 1.48 bits per heavy atom. The topological polar surface area (TPSA) is 38.9 Å². The maximum Gasteiger partial charge on any atom is 0.121 e. The van der Waals surface area contributed by atoms with Crippen molar-refractivity contribution in [3.8, 4) is 33.6 Å². The number of hydrogen-bond acceptors (Lipinski definition) is 3. The molecule has 301 valence electrons. The molecule has 3 aromatic heterocycles. The molecule has 0 unspecified atom stereocenters. The molecular formula is C53H58IrN2OSi-2. The second kappa shape index (κ2) is 18.8. The average molecular weight is 959 g/mol. The van der Waals surface area contributed by atoms with Crippen LogP contribution in [-0.4, -0.2) is 18.0 Å². The molecule has 58 heavy (non-hydrogen) atoms. The van der Waals surface area contributed by atoms with Crippen LogP contribution < -0.4 is 5.19 Å². The van der Waals surface area contributed by atoms with Gasteiger partial charge in [-0.15, -0.1) is 53.6 Å². The van der Waals surface area contributed by atoms with Gasteiger partial charge in [0.2, 0.25) is 0 Å². The summed E-state index contributed by atoms with van der Waals surface area (Å²) in [5.41, 5.74) is 12.6. The van der Waals surface area contributed by atoms with Crippen LogP contribution in [0.3, 0.4) is 0 Å². The first-order chi connectivity index (χ1) is 27.7. The quantitative estimate of drug-likeness (QED) is 0.107. The fourth-order valence-corrected chi connectivity index (χ4v) is 10.9. The molecule has 2 aliphatic rings. The fraction of sp³-hybridized carbons (Fsp3) is 0.358. The molecule has 3 heterocycles. The largest absolute Gasteiger partial charge is 0.501 e. The van der Waals surface area contributed by atoms with Gasteiger partial charge in [0.15, 0.2) is 0 Å². The van der Waals surface area contributed by atoms with E-state index in [1.54, 1.807) is 0 Å². The van der Waals surface area contributed by atoms with Crippen molar-refractivity contribution in [1.82, 2.24) is 9.97 Å². The van der Waals surface area contributed by atoms with E-state index >= 15 is 0 Å². The van der Waals surface area contributed by atoms with Crippen molar-refractivity contribution in [1.29, 1.82) is 0 Å². The molecular weight excluding hydrogens is 901 g/mol. The summed E-state index contributed by atoms with van der Waals surface area (Å²) in [5.74, 6) is 2.21. The molecule has 2 saturated carbocycles. The molecule has 0 bridgehead atoms. The van der Waals surface area contributed by atoms with Crippen LogP contribution >= 0.6 is 0 Å². The monoisotopic (exact) mass is 959 g/mol. The molecule has 2 aliphatic carbocycles.